The number of hydrogen-bond acceptors (Lipinski definition) is 4. The highest BCUT2D eigenvalue weighted by Crippen LogP contribution is 2.48. The smallest absolute Gasteiger partial charge is 0.314 e. The van der Waals surface area contributed by atoms with E-state index in [1.165, 1.54) is 6.20 Å². The fourth-order valence-corrected chi connectivity index (χ4v) is 2.34. The molecule has 0 radical (unpaired) electrons. The van der Waals surface area contributed by atoms with Gasteiger partial charge in [0.1, 0.15) is 11.3 Å². The van der Waals surface area contributed by atoms with Crippen LogP contribution in [0.15, 0.2) is 35.0 Å². The molecule has 2 N–H and O–H groups in total. The van der Waals surface area contributed by atoms with Crippen molar-refractivity contribution < 1.29 is 19.2 Å². The van der Waals surface area contributed by atoms with E-state index in [1.54, 1.807) is 31.2 Å². The summed E-state index contributed by atoms with van der Waals surface area (Å²) >= 11 is 0. The molecule has 1 amide bonds. The molecule has 1 heterocycles. The number of carboxylic acids is 1. The first-order valence-electron chi connectivity index (χ1n) is 6.59. The lowest BCUT2D eigenvalue weighted by molar-refractivity contribution is -0.140. The normalized spacial score (nSPS) is 15.5. The number of aromatic nitrogens is 1. The molecule has 1 aromatic carbocycles. The highest BCUT2D eigenvalue weighted by molar-refractivity contribution is 6.04. The molecular formula is C15H14N2O4. The summed E-state index contributed by atoms with van der Waals surface area (Å²) in [5, 5.41) is 15.5. The molecule has 1 aliphatic carbocycles. The first-order valence-corrected chi connectivity index (χ1v) is 6.59. The van der Waals surface area contributed by atoms with E-state index in [0.717, 1.165) is 5.56 Å². The standard InChI is InChI=1S/C15H14N2O4/c1-9-12(8-16-21-9)13(18)17-11-4-2-10(3-5-11)15(6-7-15)14(19)20/h2-5,8H,6-7H2,1H3,(H,17,18)(H,19,20). The number of nitrogens with one attached hydrogen (secondary N) is 1. The molecule has 6 heteroatoms. The van der Waals surface area contributed by atoms with Gasteiger partial charge in [-0.2, -0.15) is 0 Å². The Bertz CT molecular complexity index is 699. The largest absolute Gasteiger partial charge is 0.481 e. The van der Waals surface area contributed by atoms with E-state index in [4.69, 9.17) is 4.52 Å². The Morgan fingerprint density at radius 2 is 1.95 bits per heavy atom. The Morgan fingerprint density at radius 3 is 2.43 bits per heavy atom. The Labute approximate surface area is 120 Å². The molecule has 0 unspecified atom stereocenters. The Kier molecular flexibility index (Phi) is 3.01. The van der Waals surface area contributed by atoms with E-state index < -0.39 is 11.4 Å². The minimum atomic E-state index is -0.792. The van der Waals surface area contributed by atoms with Crippen molar-refractivity contribution >= 4 is 17.6 Å². The van der Waals surface area contributed by atoms with Gasteiger partial charge >= 0.3 is 5.97 Å². The number of hydrogen-bond donors (Lipinski definition) is 2. The lowest BCUT2D eigenvalue weighted by atomic mass is 9.96. The van der Waals surface area contributed by atoms with Crippen LogP contribution < -0.4 is 5.32 Å². The first-order chi connectivity index (χ1) is 10.0. The lowest BCUT2D eigenvalue weighted by Gasteiger charge is -2.11. The topological polar surface area (TPSA) is 92.4 Å². The van der Waals surface area contributed by atoms with Gasteiger partial charge in [-0.1, -0.05) is 17.3 Å². The zero-order valence-corrected chi connectivity index (χ0v) is 11.4. The number of benzene rings is 1. The molecule has 108 valence electrons. The van der Waals surface area contributed by atoms with Gasteiger partial charge in [0.25, 0.3) is 5.91 Å². The van der Waals surface area contributed by atoms with Gasteiger partial charge in [0.15, 0.2) is 0 Å². The SMILES string of the molecule is Cc1oncc1C(=O)Nc1ccc(C2(C(=O)O)CC2)cc1. The molecular weight excluding hydrogens is 272 g/mol. The predicted octanol–water partition coefficient (Wildman–Crippen LogP) is 2.35. The third-order valence-corrected chi connectivity index (χ3v) is 3.85. The van der Waals surface area contributed by atoms with Gasteiger partial charge in [-0.25, -0.2) is 0 Å². The zero-order chi connectivity index (χ0) is 15.0. The van der Waals surface area contributed by atoms with Crippen LogP contribution in [0.5, 0.6) is 0 Å². The predicted molar refractivity (Wildman–Crippen MR) is 74.2 cm³/mol. The van der Waals surface area contributed by atoms with Gasteiger partial charge in [0.2, 0.25) is 0 Å². The molecule has 1 saturated carbocycles. The maximum atomic E-state index is 12.0. The minimum Gasteiger partial charge on any atom is -0.481 e. The number of aliphatic carboxylic acids is 1. The van der Waals surface area contributed by atoms with Crippen molar-refractivity contribution in [1.82, 2.24) is 5.16 Å². The van der Waals surface area contributed by atoms with Crippen molar-refractivity contribution in [2.75, 3.05) is 5.32 Å². The van der Waals surface area contributed by atoms with E-state index in [0.29, 0.717) is 29.9 Å². The summed E-state index contributed by atoms with van der Waals surface area (Å²) in [5.74, 6) is -0.646. The van der Waals surface area contributed by atoms with Gasteiger partial charge < -0.3 is 14.9 Å². The molecule has 6 nitrogen and oxygen atoms in total. The summed E-state index contributed by atoms with van der Waals surface area (Å²) in [6, 6.07) is 6.91. The van der Waals surface area contributed by atoms with Crippen LogP contribution in [0, 0.1) is 6.92 Å². The summed E-state index contributed by atoms with van der Waals surface area (Å²) in [6.07, 6.45) is 2.69. The molecule has 0 atom stereocenters. The van der Waals surface area contributed by atoms with Gasteiger partial charge in [-0.05, 0) is 37.5 Å². The average molecular weight is 286 g/mol. The van der Waals surface area contributed by atoms with Crippen molar-refractivity contribution in [3.05, 3.63) is 47.3 Å². The van der Waals surface area contributed by atoms with Crippen LogP contribution >= 0.6 is 0 Å². The maximum absolute atomic E-state index is 12.0. The molecule has 1 fully saturated rings. The van der Waals surface area contributed by atoms with E-state index in [9.17, 15) is 14.7 Å². The molecule has 1 aromatic heterocycles. The summed E-state index contributed by atoms with van der Waals surface area (Å²) < 4.78 is 4.85. The van der Waals surface area contributed by atoms with Crippen molar-refractivity contribution in [1.29, 1.82) is 0 Å². The van der Waals surface area contributed by atoms with Crippen molar-refractivity contribution in [2.24, 2.45) is 0 Å². The highest BCUT2D eigenvalue weighted by Gasteiger charge is 2.51. The molecule has 1 aliphatic rings. The van der Waals surface area contributed by atoms with Crippen LogP contribution in [0.3, 0.4) is 0 Å². The van der Waals surface area contributed by atoms with E-state index in [1.807, 2.05) is 0 Å². The zero-order valence-electron chi connectivity index (χ0n) is 11.4. The maximum Gasteiger partial charge on any atom is 0.314 e. The number of anilines is 1. The lowest BCUT2D eigenvalue weighted by Crippen LogP contribution is -2.19. The first kappa shape index (κ1) is 13.4. The number of carbonyl (C=O) groups is 2. The van der Waals surface area contributed by atoms with Crippen LogP contribution in [-0.2, 0) is 10.2 Å². The average Bonchev–Trinajstić information content (AvgIpc) is 3.16. The second kappa shape index (κ2) is 4.73. The van der Waals surface area contributed by atoms with Crippen LogP contribution in [0.1, 0.15) is 34.5 Å². The number of amides is 1. The monoisotopic (exact) mass is 286 g/mol. The van der Waals surface area contributed by atoms with Crippen molar-refractivity contribution in [3.63, 3.8) is 0 Å². The van der Waals surface area contributed by atoms with Gasteiger partial charge in [-0.15, -0.1) is 0 Å². The summed E-state index contributed by atoms with van der Waals surface area (Å²) in [6.45, 7) is 1.66. The molecule has 0 bridgehead atoms. The Balaban J connectivity index is 1.75. The van der Waals surface area contributed by atoms with E-state index >= 15 is 0 Å². The number of aryl methyl sites for hydroxylation is 1. The molecule has 3 rings (SSSR count). The minimum absolute atomic E-state index is 0.305. The quantitative estimate of drug-likeness (QED) is 0.900. The Morgan fingerprint density at radius 1 is 1.29 bits per heavy atom. The number of carbonyl (C=O) groups excluding carboxylic acids is 1. The summed E-state index contributed by atoms with van der Waals surface area (Å²) in [5.41, 5.74) is 1.02. The molecule has 21 heavy (non-hydrogen) atoms. The van der Waals surface area contributed by atoms with Gasteiger partial charge in [0.05, 0.1) is 11.6 Å². The third-order valence-electron chi connectivity index (χ3n) is 3.85. The van der Waals surface area contributed by atoms with E-state index in [2.05, 4.69) is 10.5 Å². The van der Waals surface area contributed by atoms with Gasteiger partial charge in [0, 0.05) is 5.69 Å². The number of carboxylic acid groups (broad SMARTS) is 1. The summed E-state index contributed by atoms with van der Waals surface area (Å²) in [4.78, 5) is 23.2. The number of rotatable bonds is 4. The molecule has 0 saturated heterocycles. The highest BCUT2D eigenvalue weighted by atomic mass is 16.5. The third kappa shape index (κ3) is 2.29. The second-order valence-corrected chi connectivity index (χ2v) is 5.21. The van der Waals surface area contributed by atoms with Crippen LogP contribution in [-0.4, -0.2) is 22.1 Å². The molecule has 0 aliphatic heterocycles. The Hall–Kier alpha value is -2.63. The van der Waals surface area contributed by atoms with Crippen LogP contribution in [0.4, 0.5) is 5.69 Å². The summed E-state index contributed by atoms with van der Waals surface area (Å²) in [7, 11) is 0. The van der Waals surface area contributed by atoms with E-state index in [-0.39, 0.29) is 5.91 Å². The molecule has 0 spiro atoms. The van der Waals surface area contributed by atoms with Crippen molar-refractivity contribution in [2.45, 2.75) is 25.2 Å². The fourth-order valence-electron chi connectivity index (χ4n) is 2.34. The second-order valence-electron chi connectivity index (χ2n) is 5.21. The van der Waals surface area contributed by atoms with Crippen LogP contribution in [0.25, 0.3) is 0 Å². The fraction of sp³-hybridized carbons (Fsp3) is 0.267. The van der Waals surface area contributed by atoms with Crippen molar-refractivity contribution in [3.8, 4) is 0 Å². The number of nitrogens with zero attached hydrogens (tertiary/aromatic N) is 1. The van der Waals surface area contributed by atoms with Crippen LogP contribution in [0.2, 0.25) is 0 Å². The molecule has 2 aromatic rings. The van der Waals surface area contributed by atoms with Gasteiger partial charge in [-0.3, -0.25) is 9.59 Å².